The lowest BCUT2D eigenvalue weighted by Crippen LogP contribution is -2.46. The highest BCUT2D eigenvalue weighted by Gasteiger charge is 2.26. The Morgan fingerprint density at radius 3 is 2.40 bits per heavy atom. The third-order valence-electron chi connectivity index (χ3n) is 5.20. The van der Waals surface area contributed by atoms with E-state index in [4.69, 9.17) is 0 Å². The predicted octanol–water partition coefficient (Wildman–Crippen LogP) is 1.31. The highest BCUT2D eigenvalue weighted by molar-refractivity contribution is 7.88. The number of carbonyl (C=O) groups excluding carboxylic acids is 1. The molecule has 1 aromatic carbocycles. The Balaban J connectivity index is 1.53. The fourth-order valence-corrected chi connectivity index (χ4v) is 4.52. The Kier molecular flexibility index (Phi) is 5.76. The van der Waals surface area contributed by atoms with Gasteiger partial charge in [-0.2, -0.15) is 0 Å². The van der Waals surface area contributed by atoms with Crippen LogP contribution in [0.1, 0.15) is 47.5 Å². The van der Waals surface area contributed by atoms with E-state index in [1.807, 2.05) is 12.1 Å². The van der Waals surface area contributed by atoms with Crippen LogP contribution in [0.3, 0.4) is 0 Å². The van der Waals surface area contributed by atoms with Gasteiger partial charge in [0.15, 0.2) is 0 Å². The SMILES string of the molecule is CS(=O)(=O)N1CCC(NC(=O)c2ccc([C@@H]3CCCNC3)cc2)CC1. The standard InChI is InChI=1S/C18H27N3O3S/c1-25(23,24)21-11-8-17(9-12-21)20-18(22)15-6-4-14(5-7-15)16-3-2-10-19-13-16/h4-7,16-17,19H,2-3,8-13H2,1H3,(H,20,22)/t16-/m1/s1. The minimum absolute atomic E-state index is 0.0349. The van der Waals surface area contributed by atoms with Crippen molar-refractivity contribution in [3.8, 4) is 0 Å². The van der Waals surface area contributed by atoms with Crippen LogP contribution in [-0.4, -0.2) is 57.1 Å². The summed E-state index contributed by atoms with van der Waals surface area (Å²) >= 11 is 0. The molecule has 2 N–H and O–H groups in total. The van der Waals surface area contributed by atoms with Crippen LogP contribution in [0.25, 0.3) is 0 Å². The van der Waals surface area contributed by atoms with E-state index in [2.05, 4.69) is 22.8 Å². The Hall–Kier alpha value is -1.44. The molecular formula is C18H27N3O3S. The number of nitrogens with one attached hydrogen (secondary N) is 2. The molecule has 2 aliphatic rings. The summed E-state index contributed by atoms with van der Waals surface area (Å²) in [6.45, 7) is 3.04. The zero-order chi connectivity index (χ0) is 17.9. The number of piperidine rings is 2. The van der Waals surface area contributed by atoms with E-state index in [1.54, 1.807) is 0 Å². The van der Waals surface area contributed by atoms with Crippen LogP contribution in [0.2, 0.25) is 0 Å². The minimum atomic E-state index is -3.13. The molecule has 0 radical (unpaired) electrons. The van der Waals surface area contributed by atoms with Gasteiger partial charge in [-0.25, -0.2) is 12.7 Å². The lowest BCUT2D eigenvalue weighted by Gasteiger charge is -2.30. The fourth-order valence-electron chi connectivity index (χ4n) is 3.64. The molecule has 0 saturated carbocycles. The zero-order valence-corrected chi connectivity index (χ0v) is 15.5. The molecule has 0 aliphatic carbocycles. The fraction of sp³-hybridized carbons (Fsp3) is 0.611. The number of sulfonamides is 1. The molecule has 0 spiro atoms. The maximum Gasteiger partial charge on any atom is 0.251 e. The lowest BCUT2D eigenvalue weighted by molar-refractivity contribution is 0.0924. The van der Waals surface area contributed by atoms with Crippen LogP contribution in [0, 0.1) is 0 Å². The molecule has 1 atom stereocenters. The number of rotatable bonds is 4. The van der Waals surface area contributed by atoms with Crippen molar-refractivity contribution in [3.63, 3.8) is 0 Å². The molecule has 2 fully saturated rings. The molecule has 25 heavy (non-hydrogen) atoms. The first kappa shape index (κ1) is 18.4. The molecule has 3 rings (SSSR count). The highest BCUT2D eigenvalue weighted by Crippen LogP contribution is 2.23. The smallest absolute Gasteiger partial charge is 0.251 e. The van der Waals surface area contributed by atoms with Crippen LogP contribution >= 0.6 is 0 Å². The van der Waals surface area contributed by atoms with Crippen LogP contribution in [0.15, 0.2) is 24.3 Å². The van der Waals surface area contributed by atoms with Gasteiger partial charge in [-0.1, -0.05) is 12.1 Å². The van der Waals surface area contributed by atoms with Gasteiger partial charge < -0.3 is 10.6 Å². The summed E-state index contributed by atoms with van der Waals surface area (Å²) < 4.78 is 24.5. The lowest BCUT2D eigenvalue weighted by atomic mass is 9.91. The molecular weight excluding hydrogens is 338 g/mol. The molecule has 0 unspecified atom stereocenters. The van der Waals surface area contributed by atoms with Crippen molar-refractivity contribution < 1.29 is 13.2 Å². The Morgan fingerprint density at radius 2 is 1.84 bits per heavy atom. The summed E-state index contributed by atoms with van der Waals surface area (Å²) in [4.78, 5) is 12.4. The number of hydrogen-bond donors (Lipinski definition) is 2. The van der Waals surface area contributed by atoms with Gasteiger partial charge in [-0.05, 0) is 55.8 Å². The summed E-state index contributed by atoms with van der Waals surface area (Å²) in [7, 11) is -3.13. The van der Waals surface area contributed by atoms with E-state index in [0.29, 0.717) is 37.4 Å². The van der Waals surface area contributed by atoms with Gasteiger partial charge >= 0.3 is 0 Å². The number of carbonyl (C=O) groups is 1. The van der Waals surface area contributed by atoms with E-state index >= 15 is 0 Å². The second-order valence-corrected chi connectivity index (χ2v) is 9.06. The molecule has 138 valence electrons. The second kappa shape index (κ2) is 7.85. The summed E-state index contributed by atoms with van der Waals surface area (Å²) in [5.41, 5.74) is 1.95. The molecule has 0 bridgehead atoms. The van der Waals surface area contributed by atoms with Crippen molar-refractivity contribution in [2.75, 3.05) is 32.4 Å². The van der Waals surface area contributed by atoms with Gasteiger partial charge in [0, 0.05) is 31.2 Å². The first-order valence-corrected chi connectivity index (χ1v) is 10.8. The van der Waals surface area contributed by atoms with Crippen molar-refractivity contribution in [2.45, 2.75) is 37.6 Å². The van der Waals surface area contributed by atoms with Crippen molar-refractivity contribution in [3.05, 3.63) is 35.4 Å². The number of hydrogen-bond acceptors (Lipinski definition) is 4. The zero-order valence-electron chi connectivity index (χ0n) is 14.7. The Labute approximate surface area is 150 Å². The number of benzene rings is 1. The summed E-state index contributed by atoms with van der Waals surface area (Å²) in [6, 6.07) is 7.93. The third kappa shape index (κ3) is 4.80. The molecule has 7 heteroatoms. The van der Waals surface area contributed by atoms with Gasteiger partial charge in [-0.15, -0.1) is 0 Å². The van der Waals surface area contributed by atoms with Crippen LogP contribution < -0.4 is 10.6 Å². The topological polar surface area (TPSA) is 78.5 Å². The molecule has 2 saturated heterocycles. The molecule has 0 aromatic heterocycles. The predicted molar refractivity (Wildman–Crippen MR) is 98.2 cm³/mol. The van der Waals surface area contributed by atoms with Crippen molar-refractivity contribution >= 4 is 15.9 Å². The van der Waals surface area contributed by atoms with Crippen molar-refractivity contribution in [1.82, 2.24) is 14.9 Å². The van der Waals surface area contributed by atoms with E-state index in [0.717, 1.165) is 13.1 Å². The van der Waals surface area contributed by atoms with E-state index in [1.165, 1.54) is 29.0 Å². The van der Waals surface area contributed by atoms with E-state index in [9.17, 15) is 13.2 Å². The maximum atomic E-state index is 12.4. The number of nitrogens with zero attached hydrogens (tertiary/aromatic N) is 1. The summed E-state index contributed by atoms with van der Waals surface area (Å²) in [6.07, 6.45) is 4.93. The minimum Gasteiger partial charge on any atom is -0.349 e. The molecule has 2 aliphatic heterocycles. The first-order chi connectivity index (χ1) is 11.9. The normalized spacial score (nSPS) is 23.3. The third-order valence-corrected chi connectivity index (χ3v) is 6.50. The Bertz CT molecular complexity index is 689. The van der Waals surface area contributed by atoms with Gasteiger partial charge in [0.25, 0.3) is 5.91 Å². The average molecular weight is 365 g/mol. The van der Waals surface area contributed by atoms with Crippen LogP contribution in [-0.2, 0) is 10.0 Å². The van der Waals surface area contributed by atoms with Gasteiger partial charge in [0.05, 0.1) is 6.26 Å². The molecule has 2 heterocycles. The van der Waals surface area contributed by atoms with Crippen LogP contribution in [0.5, 0.6) is 0 Å². The Morgan fingerprint density at radius 1 is 1.16 bits per heavy atom. The van der Waals surface area contributed by atoms with Crippen molar-refractivity contribution in [1.29, 1.82) is 0 Å². The molecule has 1 aromatic rings. The number of amides is 1. The average Bonchev–Trinajstić information content (AvgIpc) is 2.62. The van der Waals surface area contributed by atoms with Gasteiger partial charge in [0.2, 0.25) is 10.0 Å². The molecule has 6 nitrogen and oxygen atoms in total. The largest absolute Gasteiger partial charge is 0.349 e. The van der Waals surface area contributed by atoms with E-state index < -0.39 is 10.0 Å². The maximum absolute atomic E-state index is 12.4. The van der Waals surface area contributed by atoms with Crippen molar-refractivity contribution in [2.24, 2.45) is 0 Å². The molecule has 1 amide bonds. The van der Waals surface area contributed by atoms with E-state index in [-0.39, 0.29) is 11.9 Å². The summed E-state index contributed by atoms with van der Waals surface area (Å²) in [5, 5.41) is 6.45. The quantitative estimate of drug-likeness (QED) is 0.843. The summed E-state index contributed by atoms with van der Waals surface area (Å²) in [5.74, 6) is 0.456. The first-order valence-electron chi connectivity index (χ1n) is 9.00. The van der Waals surface area contributed by atoms with Gasteiger partial charge in [-0.3, -0.25) is 4.79 Å². The monoisotopic (exact) mass is 365 g/mol. The highest BCUT2D eigenvalue weighted by atomic mass is 32.2. The van der Waals surface area contributed by atoms with Gasteiger partial charge in [0.1, 0.15) is 0 Å². The second-order valence-electron chi connectivity index (χ2n) is 7.08. The van der Waals surface area contributed by atoms with Crippen LogP contribution in [0.4, 0.5) is 0 Å².